The molecular weight excluding hydrogens is 511 g/mol. The zero-order valence-electron chi connectivity index (χ0n) is 22.2. The number of likely N-dealkylation sites (tertiary alicyclic amines) is 1. The van der Waals surface area contributed by atoms with E-state index in [-0.39, 0.29) is 18.6 Å². The fourth-order valence-corrected chi connectivity index (χ4v) is 5.04. The van der Waals surface area contributed by atoms with Gasteiger partial charge >= 0.3 is 12.1 Å². The molecule has 0 bridgehead atoms. The van der Waals surface area contributed by atoms with Crippen LogP contribution in [-0.2, 0) is 11.0 Å². The molecule has 2 atom stereocenters. The summed E-state index contributed by atoms with van der Waals surface area (Å²) in [5.74, 6) is -1.02. The van der Waals surface area contributed by atoms with Gasteiger partial charge in [-0.15, -0.1) is 0 Å². The van der Waals surface area contributed by atoms with Crippen molar-refractivity contribution < 1.29 is 32.6 Å². The molecule has 208 valence electrons. The van der Waals surface area contributed by atoms with Gasteiger partial charge in [0, 0.05) is 24.8 Å². The van der Waals surface area contributed by atoms with Crippen molar-refractivity contribution in [2.45, 2.75) is 58.7 Å². The SMILES string of the molecule is CCC[C@H](Oc1cc(C)c(-n2cc(C(F)(F)F)cn2)c(C)c1)c1ccc(C(=O)N2CCCC(C(=O)O)C2)cc1. The number of piperidine rings is 1. The summed E-state index contributed by atoms with van der Waals surface area (Å²) in [6, 6.07) is 10.7. The molecule has 39 heavy (non-hydrogen) atoms. The van der Waals surface area contributed by atoms with E-state index >= 15 is 0 Å². The molecular formula is C29H32F3N3O4. The number of carboxylic acids is 1. The molecule has 1 fully saturated rings. The van der Waals surface area contributed by atoms with Crippen molar-refractivity contribution in [2.24, 2.45) is 5.92 Å². The quantitative estimate of drug-likeness (QED) is 0.357. The van der Waals surface area contributed by atoms with E-state index in [0.29, 0.717) is 42.8 Å². The maximum atomic E-state index is 13.1. The molecule has 1 amide bonds. The largest absolute Gasteiger partial charge is 0.486 e. The topological polar surface area (TPSA) is 84.7 Å². The molecule has 0 radical (unpaired) electrons. The van der Waals surface area contributed by atoms with Gasteiger partial charge in [0.05, 0.1) is 23.4 Å². The van der Waals surface area contributed by atoms with Crippen LogP contribution in [0.4, 0.5) is 13.2 Å². The first-order valence-electron chi connectivity index (χ1n) is 13.0. The Balaban J connectivity index is 1.51. The highest BCUT2D eigenvalue weighted by Crippen LogP contribution is 2.33. The van der Waals surface area contributed by atoms with Crippen molar-refractivity contribution in [1.82, 2.24) is 14.7 Å². The zero-order chi connectivity index (χ0) is 28.3. The first-order chi connectivity index (χ1) is 18.5. The Morgan fingerprint density at radius 1 is 1.15 bits per heavy atom. The summed E-state index contributed by atoms with van der Waals surface area (Å²) < 4.78 is 46.7. The Hall–Kier alpha value is -3.82. The van der Waals surface area contributed by atoms with Crippen LogP contribution >= 0.6 is 0 Å². The number of aromatic nitrogens is 2. The summed E-state index contributed by atoms with van der Waals surface area (Å²) in [5.41, 5.74) is 2.58. The average molecular weight is 544 g/mol. The first-order valence-corrected chi connectivity index (χ1v) is 13.0. The van der Waals surface area contributed by atoms with Gasteiger partial charge in [-0.3, -0.25) is 9.59 Å². The monoisotopic (exact) mass is 543 g/mol. The smallest absolute Gasteiger partial charge is 0.419 e. The first kappa shape index (κ1) is 28.2. The van der Waals surface area contributed by atoms with Gasteiger partial charge in [0.25, 0.3) is 5.91 Å². The normalized spacial score (nSPS) is 16.7. The van der Waals surface area contributed by atoms with Gasteiger partial charge in [-0.1, -0.05) is 25.5 Å². The third-order valence-corrected chi connectivity index (χ3v) is 7.02. The molecule has 1 saturated heterocycles. The fraction of sp³-hybridized carbons (Fsp3) is 0.414. The molecule has 2 heterocycles. The minimum atomic E-state index is -4.47. The number of hydrogen-bond acceptors (Lipinski definition) is 4. The molecule has 1 aromatic heterocycles. The van der Waals surface area contributed by atoms with E-state index < -0.39 is 23.6 Å². The molecule has 10 heteroatoms. The molecule has 3 aromatic rings. The van der Waals surface area contributed by atoms with Crippen molar-refractivity contribution in [3.63, 3.8) is 0 Å². The number of carbonyl (C=O) groups is 2. The van der Waals surface area contributed by atoms with Gasteiger partial charge in [-0.2, -0.15) is 18.3 Å². The van der Waals surface area contributed by atoms with Crippen molar-refractivity contribution in [1.29, 1.82) is 0 Å². The molecule has 2 aromatic carbocycles. The maximum absolute atomic E-state index is 13.1. The number of rotatable bonds is 8. The van der Waals surface area contributed by atoms with Gasteiger partial charge in [-0.25, -0.2) is 4.68 Å². The van der Waals surface area contributed by atoms with Gasteiger partial charge in [0.1, 0.15) is 11.9 Å². The summed E-state index contributed by atoms with van der Waals surface area (Å²) in [5, 5.41) is 13.2. The van der Waals surface area contributed by atoms with Gasteiger partial charge in [0.15, 0.2) is 0 Å². The van der Waals surface area contributed by atoms with Crippen LogP contribution in [0.5, 0.6) is 5.75 Å². The lowest BCUT2D eigenvalue weighted by Gasteiger charge is -2.30. The van der Waals surface area contributed by atoms with E-state index in [1.165, 1.54) is 4.68 Å². The predicted octanol–water partition coefficient (Wildman–Crippen LogP) is 6.36. The number of hydrogen-bond donors (Lipinski definition) is 1. The second-order valence-electron chi connectivity index (χ2n) is 10.0. The summed E-state index contributed by atoms with van der Waals surface area (Å²) >= 11 is 0. The fourth-order valence-electron chi connectivity index (χ4n) is 5.04. The number of alkyl halides is 3. The van der Waals surface area contributed by atoms with E-state index in [9.17, 15) is 27.9 Å². The number of carbonyl (C=O) groups excluding carboxylic acids is 1. The number of nitrogens with zero attached hydrogens (tertiary/aromatic N) is 3. The van der Waals surface area contributed by atoms with Crippen molar-refractivity contribution in [2.75, 3.05) is 13.1 Å². The molecule has 7 nitrogen and oxygen atoms in total. The molecule has 1 N–H and O–H groups in total. The zero-order valence-corrected chi connectivity index (χ0v) is 22.2. The molecule has 4 rings (SSSR count). The predicted molar refractivity (Wildman–Crippen MR) is 139 cm³/mol. The highest BCUT2D eigenvalue weighted by atomic mass is 19.4. The van der Waals surface area contributed by atoms with E-state index in [4.69, 9.17) is 4.74 Å². The van der Waals surface area contributed by atoms with Crippen LogP contribution in [0.15, 0.2) is 48.8 Å². The van der Waals surface area contributed by atoms with Crippen molar-refractivity contribution in [3.05, 3.63) is 76.6 Å². The second-order valence-corrected chi connectivity index (χ2v) is 10.0. The van der Waals surface area contributed by atoms with Crippen LogP contribution in [0.25, 0.3) is 5.69 Å². The van der Waals surface area contributed by atoms with Gasteiger partial charge in [0.2, 0.25) is 0 Å². The average Bonchev–Trinajstić information content (AvgIpc) is 3.38. The second kappa shape index (κ2) is 11.5. The van der Waals surface area contributed by atoms with Crippen LogP contribution in [0.1, 0.15) is 71.3 Å². The van der Waals surface area contributed by atoms with Crippen LogP contribution < -0.4 is 4.74 Å². The number of carboxylic acid groups (broad SMARTS) is 1. The van der Waals surface area contributed by atoms with Crippen molar-refractivity contribution in [3.8, 4) is 11.4 Å². The molecule has 0 spiro atoms. The lowest BCUT2D eigenvalue weighted by Crippen LogP contribution is -2.42. The summed E-state index contributed by atoms with van der Waals surface area (Å²) in [6.45, 7) is 6.39. The Kier molecular flexibility index (Phi) is 8.32. The van der Waals surface area contributed by atoms with E-state index in [0.717, 1.165) is 35.5 Å². The van der Waals surface area contributed by atoms with Crippen LogP contribution in [0, 0.1) is 19.8 Å². The molecule has 0 aliphatic carbocycles. The van der Waals surface area contributed by atoms with Crippen LogP contribution in [-0.4, -0.2) is 44.8 Å². The van der Waals surface area contributed by atoms with Crippen LogP contribution in [0.2, 0.25) is 0 Å². The summed E-state index contributed by atoms with van der Waals surface area (Å²) in [7, 11) is 0. The molecule has 0 saturated carbocycles. The number of halogens is 3. The maximum Gasteiger partial charge on any atom is 0.419 e. The summed E-state index contributed by atoms with van der Waals surface area (Å²) in [4.78, 5) is 25.9. The third kappa shape index (κ3) is 6.43. The minimum absolute atomic E-state index is 0.186. The molecule has 1 aliphatic rings. The lowest BCUT2D eigenvalue weighted by atomic mass is 9.97. The Bertz CT molecular complexity index is 1310. The number of benzene rings is 2. The van der Waals surface area contributed by atoms with Gasteiger partial charge in [-0.05, 0) is 74.1 Å². The van der Waals surface area contributed by atoms with Crippen molar-refractivity contribution >= 4 is 11.9 Å². The lowest BCUT2D eigenvalue weighted by molar-refractivity contribution is -0.143. The summed E-state index contributed by atoms with van der Waals surface area (Å²) in [6.07, 6.45) is -0.177. The van der Waals surface area contributed by atoms with Crippen LogP contribution in [0.3, 0.4) is 0 Å². The minimum Gasteiger partial charge on any atom is -0.486 e. The Morgan fingerprint density at radius 3 is 2.38 bits per heavy atom. The Morgan fingerprint density at radius 2 is 1.82 bits per heavy atom. The highest BCUT2D eigenvalue weighted by molar-refractivity contribution is 5.94. The number of ether oxygens (including phenoxy) is 1. The number of aryl methyl sites for hydroxylation is 2. The molecule has 1 aliphatic heterocycles. The molecule has 1 unspecified atom stereocenters. The number of amides is 1. The third-order valence-electron chi connectivity index (χ3n) is 7.02. The van der Waals surface area contributed by atoms with Gasteiger partial charge < -0.3 is 14.7 Å². The van der Waals surface area contributed by atoms with E-state index in [1.807, 2.05) is 19.1 Å². The number of aliphatic carboxylic acids is 1. The van der Waals surface area contributed by atoms with E-state index in [2.05, 4.69) is 5.10 Å². The Labute approximate surface area is 225 Å². The highest BCUT2D eigenvalue weighted by Gasteiger charge is 2.33. The van der Waals surface area contributed by atoms with E-state index in [1.54, 1.807) is 43.0 Å². The standard InChI is InChI=1S/C29H32F3N3O4/c1-4-6-25(20-8-10-21(11-9-20)27(36)34-12-5-7-22(16-34)28(37)38)39-24-13-18(2)26(19(3)14-24)35-17-23(15-33-35)29(30,31)32/h8-11,13-15,17,22,25H,4-7,12,16H2,1-3H3,(H,37,38)/t22?,25-/m0/s1.